The third-order valence-corrected chi connectivity index (χ3v) is 5.90. The average molecular weight is 448 g/mol. The van der Waals surface area contributed by atoms with E-state index >= 15 is 0 Å². The van der Waals surface area contributed by atoms with Crippen LogP contribution in [0.25, 0.3) is 0 Å². The molecule has 1 unspecified atom stereocenters. The molecule has 4 rings (SSSR count). The quantitative estimate of drug-likeness (QED) is 0.701. The van der Waals surface area contributed by atoms with Crippen molar-refractivity contribution in [2.45, 2.75) is 25.9 Å². The maximum Gasteiger partial charge on any atom is 0.340 e. The lowest BCUT2D eigenvalue weighted by Crippen LogP contribution is -2.50. The van der Waals surface area contributed by atoms with Gasteiger partial charge in [0.15, 0.2) is 0 Å². The van der Waals surface area contributed by atoms with Crippen molar-refractivity contribution in [3.05, 3.63) is 88.5 Å². The van der Waals surface area contributed by atoms with E-state index in [1.807, 2.05) is 37.3 Å². The number of carbonyl (C=O) groups is 3. The van der Waals surface area contributed by atoms with Crippen LogP contribution >= 0.6 is 0 Å². The summed E-state index contributed by atoms with van der Waals surface area (Å²) in [4.78, 5) is 42.0. The highest BCUT2D eigenvalue weighted by atomic mass is 16.5. The Hall–Kier alpha value is -4.07. The van der Waals surface area contributed by atoms with Gasteiger partial charge >= 0.3 is 11.9 Å². The van der Waals surface area contributed by atoms with Gasteiger partial charge in [0.05, 0.1) is 7.11 Å². The first kappa shape index (κ1) is 22.1. The summed E-state index contributed by atoms with van der Waals surface area (Å²) in [7, 11) is 1.18. The summed E-state index contributed by atoms with van der Waals surface area (Å²) in [5, 5.41) is 0. The summed E-state index contributed by atoms with van der Waals surface area (Å²) in [6, 6.07) is 16.1. The van der Waals surface area contributed by atoms with Crippen LogP contribution in [0, 0.1) is 0 Å². The molecule has 170 valence electrons. The predicted molar refractivity (Wildman–Crippen MR) is 119 cm³/mol. The Morgan fingerprint density at radius 2 is 1.70 bits per heavy atom. The zero-order chi connectivity index (χ0) is 23.8. The van der Waals surface area contributed by atoms with Gasteiger partial charge in [-0.15, -0.1) is 0 Å². The number of benzene rings is 2. The first-order chi connectivity index (χ1) is 15.9. The van der Waals surface area contributed by atoms with Gasteiger partial charge in [-0.1, -0.05) is 48.5 Å². The van der Waals surface area contributed by atoms with Gasteiger partial charge in [-0.25, -0.2) is 9.59 Å². The second-order valence-electron chi connectivity index (χ2n) is 7.64. The lowest BCUT2D eigenvalue weighted by Gasteiger charge is -2.36. The number of nitrogens with zero attached hydrogens (tertiary/aromatic N) is 1. The third kappa shape index (κ3) is 3.26. The number of methoxy groups -OCH3 is 1. The third-order valence-electron chi connectivity index (χ3n) is 5.90. The number of carbonyl (C=O) groups excluding carboxylic acids is 3. The Morgan fingerprint density at radius 3 is 2.36 bits per heavy atom. The average Bonchev–Trinajstić information content (AvgIpc) is 3.06. The van der Waals surface area contributed by atoms with Crippen LogP contribution in [0.5, 0.6) is 0 Å². The van der Waals surface area contributed by atoms with E-state index < -0.39 is 23.3 Å². The van der Waals surface area contributed by atoms with Crippen LogP contribution < -0.4 is 10.6 Å². The van der Waals surface area contributed by atoms with Crippen molar-refractivity contribution in [2.75, 3.05) is 18.6 Å². The minimum atomic E-state index is -1.85. The Kier molecular flexibility index (Phi) is 5.68. The summed E-state index contributed by atoms with van der Waals surface area (Å²) in [5.41, 5.74) is 5.73. The van der Waals surface area contributed by atoms with E-state index in [0.717, 1.165) is 5.56 Å². The normalized spacial score (nSPS) is 19.5. The minimum absolute atomic E-state index is 0.0212. The Morgan fingerprint density at radius 1 is 1.03 bits per heavy atom. The number of esters is 2. The second kappa shape index (κ2) is 8.46. The number of para-hydroxylation sites is 1. The van der Waals surface area contributed by atoms with Crippen molar-refractivity contribution in [1.29, 1.82) is 0 Å². The molecule has 0 aliphatic carbocycles. The molecule has 2 N–H and O–H groups in total. The van der Waals surface area contributed by atoms with Gasteiger partial charge in [0.1, 0.15) is 28.9 Å². The number of anilines is 1. The van der Waals surface area contributed by atoms with Crippen LogP contribution in [-0.2, 0) is 40.6 Å². The van der Waals surface area contributed by atoms with Crippen LogP contribution in [-0.4, -0.2) is 31.5 Å². The molecular formula is C25H24N2O6. The van der Waals surface area contributed by atoms with Crippen LogP contribution in [0.2, 0.25) is 0 Å². The zero-order valence-corrected chi connectivity index (χ0v) is 18.6. The fourth-order valence-corrected chi connectivity index (χ4v) is 4.54. The molecule has 0 bridgehead atoms. The lowest BCUT2D eigenvalue weighted by atomic mass is 9.67. The maximum absolute atomic E-state index is 14.0. The van der Waals surface area contributed by atoms with Gasteiger partial charge in [-0.2, -0.15) is 0 Å². The highest BCUT2D eigenvalue weighted by molar-refractivity contribution is 6.22. The SMILES string of the molecule is CCN1C(=O)C2(C(C(=O)OCc3ccccc3)=C(C)OC(N)=C2C(=O)OC)c2ccccc21. The van der Waals surface area contributed by atoms with E-state index in [1.165, 1.54) is 18.9 Å². The van der Waals surface area contributed by atoms with Crippen molar-refractivity contribution in [3.63, 3.8) is 0 Å². The maximum atomic E-state index is 14.0. The van der Waals surface area contributed by atoms with Crippen LogP contribution in [0.1, 0.15) is 25.0 Å². The molecule has 0 radical (unpaired) electrons. The van der Waals surface area contributed by atoms with E-state index in [1.54, 1.807) is 24.3 Å². The summed E-state index contributed by atoms with van der Waals surface area (Å²) in [6.07, 6.45) is 0. The van der Waals surface area contributed by atoms with E-state index in [4.69, 9.17) is 19.9 Å². The van der Waals surface area contributed by atoms with Crippen LogP contribution in [0.4, 0.5) is 5.69 Å². The molecule has 1 amide bonds. The molecule has 0 saturated heterocycles. The monoisotopic (exact) mass is 448 g/mol. The molecular weight excluding hydrogens is 424 g/mol. The number of nitrogens with two attached hydrogens (primary N) is 1. The van der Waals surface area contributed by atoms with E-state index in [9.17, 15) is 14.4 Å². The smallest absolute Gasteiger partial charge is 0.340 e. The molecule has 0 aromatic heterocycles. The molecule has 1 atom stereocenters. The number of hydrogen-bond donors (Lipinski definition) is 1. The van der Waals surface area contributed by atoms with Gasteiger partial charge in [0, 0.05) is 17.8 Å². The number of fused-ring (bicyclic) bond motifs is 2. The minimum Gasteiger partial charge on any atom is -0.465 e. The summed E-state index contributed by atoms with van der Waals surface area (Å²) < 4.78 is 16.2. The molecule has 33 heavy (non-hydrogen) atoms. The Bertz CT molecular complexity index is 1200. The van der Waals surface area contributed by atoms with Crippen LogP contribution in [0.3, 0.4) is 0 Å². The van der Waals surface area contributed by atoms with Gasteiger partial charge in [0.2, 0.25) is 11.8 Å². The molecule has 0 saturated carbocycles. The summed E-state index contributed by atoms with van der Waals surface area (Å²) in [5.74, 6) is -2.36. The predicted octanol–water partition coefficient (Wildman–Crippen LogP) is 2.68. The number of rotatable bonds is 5. The zero-order valence-electron chi connectivity index (χ0n) is 18.6. The summed E-state index contributed by atoms with van der Waals surface area (Å²) >= 11 is 0. The number of ether oxygens (including phenoxy) is 3. The van der Waals surface area contributed by atoms with Crippen molar-refractivity contribution in [3.8, 4) is 0 Å². The fraction of sp³-hybridized carbons (Fsp3) is 0.240. The molecule has 8 nitrogen and oxygen atoms in total. The standard InChI is InChI=1S/C25H24N2O6/c1-4-27-18-13-9-8-12-17(18)25(24(27)30)19(15(2)33-21(26)20(25)22(28)31-3)23(29)32-14-16-10-6-5-7-11-16/h5-13H,4,14,26H2,1-3H3. The second-order valence-corrected chi connectivity index (χ2v) is 7.64. The molecule has 8 heteroatoms. The number of allylic oxidation sites excluding steroid dienone is 1. The molecule has 2 aliphatic heterocycles. The first-order valence-electron chi connectivity index (χ1n) is 10.5. The van der Waals surface area contributed by atoms with Crippen molar-refractivity contribution < 1.29 is 28.6 Å². The van der Waals surface area contributed by atoms with E-state index in [0.29, 0.717) is 17.8 Å². The molecule has 2 aromatic carbocycles. The molecule has 0 fully saturated rings. The van der Waals surface area contributed by atoms with Gasteiger partial charge < -0.3 is 24.8 Å². The van der Waals surface area contributed by atoms with Crippen LogP contribution in [0.15, 0.2) is 77.4 Å². The van der Waals surface area contributed by atoms with E-state index in [2.05, 4.69) is 0 Å². The summed E-state index contributed by atoms with van der Waals surface area (Å²) in [6.45, 7) is 3.62. The lowest BCUT2D eigenvalue weighted by molar-refractivity contribution is -0.143. The highest BCUT2D eigenvalue weighted by Gasteiger charge is 2.63. The highest BCUT2D eigenvalue weighted by Crippen LogP contribution is 2.54. The van der Waals surface area contributed by atoms with Crippen molar-refractivity contribution >= 4 is 23.5 Å². The molecule has 2 heterocycles. The van der Waals surface area contributed by atoms with Crippen molar-refractivity contribution in [2.24, 2.45) is 5.73 Å². The molecule has 1 spiro atoms. The number of likely N-dealkylation sites (N-methyl/N-ethyl adjacent to an activating group) is 1. The van der Waals surface area contributed by atoms with Gasteiger partial charge in [-0.3, -0.25) is 4.79 Å². The topological polar surface area (TPSA) is 108 Å². The molecule has 2 aliphatic rings. The van der Waals surface area contributed by atoms with Gasteiger partial charge in [0.25, 0.3) is 0 Å². The van der Waals surface area contributed by atoms with E-state index in [-0.39, 0.29) is 29.4 Å². The Balaban J connectivity index is 1.92. The largest absolute Gasteiger partial charge is 0.465 e. The van der Waals surface area contributed by atoms with Gasteiger partial charge in [-0.05, 0) is 25.5 Å². The Labute approximate surface area is 191 Å². The fourth-order valence-electron chi connectivity index (χ4n) is 4.54. The van der Waals surface area contributed by atoms with Crippen molar-refractivity contribution in [1.82, 2.24) is 0 Å². The number of amides is 1. The molecule has 2 aromatic rings. The first-order valence-corrected chi connectivity index (χ1v) is 10.5. The number of hydrogen-bond acceptors (Lipinski definition) is 7.